The summed E-state index contributed by atoms with van der Waals surface area (Å²) in [7, 11) is 1.69. The van der Waals surface area contributed by atoms with Crippen LogP contribution in [-0.4, -0.2) is 36.8 Å². The van der Waals surface area contributed by atoms with E-state index in [9.17, 15) is 0 Å². The lowest BCUT2D eigenvalue weighted by molar-refractivity contribution is 0.171. The van der Waals surface area contributed by atoms with Gasteiger partial charge in [-0.3, -0.25) is 0 Å². The number of hydrogen-bond donors (Lipinski definition) is 2. The minimum atomic E-state index is 0.560. The van der Waals surface area contributed by atoms with Gasteiger partial charge in [-0.25, -0.2) is 9.97 Å². The molecule has 0 saturated heterocycles. The molecule has 0 aliphatic carbocycles. The third-order valence-corrected chi connectivity index (χ3v) is 4.37. The van der Waals surface area contributed by atoms with Crippen LogP contribution in [0.4, 0.5) is 17.3 Å². The molecule has 0 spiro atoms. The van der Waals surface area contributed by atoms with E-state index >= 15 is 0 Å². The first-order valence-electron chi connectivity index (χ1n) is 9.16. The summed E-state index contributed by atoms with van der Waals surface area (Å²) in [4.78, 5) is 8.57. The van der Waals surface area contributed by atoms with E-state index in [1.807, 2.05) is 42.5 Å². The zero-order valence-corrected chi connectivity index (χ0v) is 15.6. The average Bonchev–Trinajstić information content (AvgIpc) is 2.74. The van der Waals surface area contributed by atoms with Crippen LogP contribution in [0.1, 0.15) is 5.56 Å². The molecule has 0 saturated carbocycles. The van der Waals surface area contributed by atoms with Gasteiger partial charge in [0.05, 0.1) is 7.11 Å². The maximum Gasteiger partial charge on any atom is 0.163 e. The van der Waals surface area contributed by atoms with Gasteiger partial charge in [0.15, 0.2) is 11.5 Å². The van der Waals surface area contributed by atoms with Crippen LogP contribution in [0, 0.1) is 0 Å². The minimum absolute atomic E-state index is 0.560. The summed E-state index contributed by atoms with van der Waals surface area (Å²) in [6.45, 7) is 1.88. The third-order valence-electron chi connectivity index (χ3n) is 4.37. The Balaban J connectivity index is 1.38. The quantitative estimate of drug-likeness (QED) is 0.650. The molecule has 28 heavy (non-hydrogen) atoms. The lowest BCUT2D eigenvalue weighted by Gasteiger charge is -2.19. The van der Waals surface area contributed by atoms with Gasteiger partial charge in [0, 0.05) is 24.4 Å². The summed E-state index contributed by atoms with van der Waals surface area (Å²) in [6.07, 6.45) is 2.37. The van der Waals surface area contributed by atoms with Gasteiger partial charge in [0.25, 0.3) is 0 Å². The molecule has 2 aromatic carbocycles. The Morgan fingerprint density at radius 2 is 1.79 bits per heavy atom. The first-order valence-corrected chi connectivity index (χ1v) is 9.16. The predicted octanol–water partition coefficient (Wildman–Crippen LogP) is 3.65. The van der Waals surface area contributed by atoms with Crippen molar-refractivity contribution in [1.82, 2.24) is 9.97 Å². The molecular weight excluding hydrogens is 356 g/mol. The molecule has 0 amide bonds. The molecule has 0 atom stereocenters. The molecule has 144 valence electrons. The number of methoxy groups -OCH3 is 1. The van der Waals surface area contributed by atoms with Crippen LogP contribution >= 0.6 is 0 Å². The smallest absolute Gasteiger partial charge is 0.163 e. The Hall–Kier alpha value is -3.48. The van der Waals surface area contributed by atoms with E-state index in [2.05, 4.69) is 26.7 Å². The molecule has 0 fully saturated rings. The lowest BCUT2D eigenvalue weighted by Crippen LogP contribution is -2.15. The Kier molecular flexibility index (Phi) is 5.42. The molecule has 7 heteroatoms. The van der Waals surface area contributed by atoms with Crippen LogP contribution in [0.2, 0.25) is 0 Å². The fourth-order valence-electron chi connectivity index (χ4n) is 3.03. The molecule has 1 aliphatic heterocycles. The van der Waals surface area contributed by atoms with Gasteiger partial charge in [-0.1, -0.05) is 18.2 Å². The average molecular weight is 378 g/mol. The summed E-state index contributed by atoms with van der Waals surface area (Å²) >= 11 is 0. The highest BCUT2D eigenvalue weighted by Crippen LogP contribution is 2.33. The highest BCUT2D eigenvalue weighted by molar-refractivity contribution is 5.63. The van der Waals surface area contributed by atoms with Crippen molar-refractivity contribution in [3.05, 3.63) is 60.4 Å². The SMILES string of the molecule is COc1ccccc1CCNc1cc(Nc2ccc3c(c2)OCCO3)ncn1. The van der Waals surface area contributed by atoms with E-state index < -0.39 is 0 Å². The van der Waals surface area contributed by atoms with Crippen LogP contribution in [-0.2, 0) is 6.42 Å². The Morgan fingerprint density at radius 3 is 2.68 bits per heavy atom. The van der Waals surface area contributed by atoms with Crippen LogP contribution in [0.5, 0.6) is 17.2 Å². The van der Waals surface area contributed by atoms with Gasteiger partial charge in [-0.05, 0) is 30.2 Å². The fraction of sp³-hybridized carbons (Fsp3) is 0.238. The number of anilines is 3. The predicted molar refractivity (Wildman–Crippen MR) is 108 cm³/mol. The first-order chi connectivity index (χ1) is 13.8. The van der Waals surface area contributed by atoms with Gasteiger partial charge in [-0.15, -0.1) is 0 Å². The maximum absolute atomic E-state index is 5.62. The van der Waals surface area contributed by atoms with Crippen LogP contribution < -0.4 is 24.8 Å². The monoisotopic (exact) mass is 378 g/mol. The van der Waals surface area contributed by atoms with Crippen LogP contribution in [0.25, 0.3) is 0 Å². The maximum atomic E-state index is 5.62. The van der Waals surface area contributed by atoms with Crippen LogP contribution in [0.15, 0.2) is 54.9 Å². The first kappa shape index (κ1) is 17.9. The Labute approximate surface area is 163 Å². The lowest BCUT2D eigenvalue weighted by atomic mass is 10.1. The van der Waals surface area contributed by atoms with E-state index in [1.54, 1.807) is 7.11 Å². The van der Waals surface area contributed by atoms with E-state index in [0.717, 1.165) is 47.3 Å². The number of nitrogens with zero attached hydrogens (tertiary/aromatic N) is 2. The van der Waals surface area contributed by atoms with Crippen molar-refractivity contribution in [2.75, 3.05) is 37.5 Å². The molecule has 7 nitrogen and oxygen atoms in total. The Morgan fingerprint density at radius 1 is 0.964 bits per heavy atom. The van der Waals surface area contributed by atoms with Crippen molar-refractivity contribution in [1.29, 1.82) is 0 Å². The van der Waals surface area contributed by atoms with Gasteiger partial charge < -0.3 is 24.8 Å². The zero-order valence-electron chi connectivity index (χ0n) is 15.6. The number of benzene rings is 2. The van der Waals surface area contributed by atoms with Crippen molar-refractivity contribution < 1.29 is 14.2 Å². The van der Waals surface area contributed by atoms with Gasteiger partial charge in [0.2, 0.25) is 0 Å². The normalized spacial score (nSPS) is 12.3. The largest absolute Gasteiger partial charge is 0.496 e. The van der Waals surface area contributed by atoms with Gasteiger partial charge >= 0.3 is 0 Å². The summed E-state index contributed by atoms with van der Waals surface area (Å²) in [5.41, 5.74) is 2.03. The standard InChI is InChI=1S/C21H22N4O3/c1-26-17-5-3-2-4-15(17)8-9-22-20-13-21(24-14-23-20)25-16-6-7-18-19(12-16)28-11-10-27-18/h2-7,12-14H,8-11H2,1H3,(H2,22,23,24,25). The molecule has 1 aliphatic rings. The summed E-state index contributed by atoms with van der Waals surface area (Å²) in [5.74, 6) is 3.85. The molecule has 0 radical (unpaired) electrons. The molecule has 3 aromatic rings. The van der Waals surface area contributed by atoms with E-state index in [4.69, 9.17) is 14.2 Å². The number of hydrogen-bond acceptors (Lipinski definition) is 7. The molecule has 4 rings (SSSR count). The number of aromatic nitrogens is 2. The minimum Gasteiger partial charge on any atom is -0.496 e. The van der Waals surface area contributed by atoms with Crippen molar-refractivity contribution >= 4 is 17.3 Å². The fourth-order valence-corrected chi connectivity index (χ4v) is 3.03. The summed E-state index contributed by atoms with van der Waals surface area (Å²) in [5, 5.41) is 6.60. The molecule has 0 unspecified atom stereocenters. The number of nitrogens with one attached hydrogen (secondary N) is 2. The van der Waals surface area contributed by atoms with Crippen molar-refractivity contribution in [2.24, 2.45) is 0 Å². The number of ether oxygens (including phenoxy) is 3. The zero-order chi connectivity index (χ0) is 19.2. The van der Waals surface area contributed by atoms with Gasteiger partial charge in [0.1, 0.15) is 36.9 Å². The second kappa shape index (κ2) is 8.47. The highest BCUT2D eigenvalue weighted by atomic mass is 16.6. The summed E-state index contributed by atoms with van der Waals surface area (Å²) < 4.78 is 16.6. The second-order valence-corrected chi connectivity index (χ2v) is 6.26. The molecule has 2 heterocycles. The van der Waals surface area contributed by atoms with E-state index in [-0.39, 0.29) is 0 Å². The number of para-hydroxylation sites is 1. The van der Waals surface area contributed by atoms with Crippen molar-refractivity contribution in [3.63, 3.8) is 0 Å². The van der Waals surface area contributed by atoms with Crippen molar-refractivity contribution in [2.45, 2.75) is 6.42 Å². The van der Waals surface area contributed by atoms with Crippen LogP contribution in [0.3, 0.4) is 0 Å². The molecule has 0 bridgehead atoms. The summed E-state index contributed by atoms with van der Waals surface area (Å²) in [6, 6.07) is 15.6. The highest BCUT2D eigenvalue weighted by Gasteiger charge is 2.12. The topological polar surface area (TPSA) is 77.5 Å². The molecule has 1 aromatic heterocycles. The second-order valence-electron chi connectivity index (χ2n) is 6.26. The van der Waals surface area contributed by atoms with Crippen molar-refractivity contribution in [3.8, 4) is 17.2 Å². The van der Waals surface area contributed by atoms with E-state index in [1.165, 1.54) is 6.33 Å². The van der Waals surface area contributed by atoms with E-state index in [0.29, 0.717) is 19.0 Å². The van der Waals surface area contributed by atoms with Gasteiger partial charge in [-0.2, -0.15) is 0 Å². The molecule has 2 N–H and O–H groups in total. The number of rotatable bonds is 7. The third kappa shape index (κ3) is 4.25. The number of fused-ring (bicyclic) bond motifs is 1. The Bertz CT molecular complexity index is 948. The molecular formula is C21H22N4O3.